The predicted molar refractivity (Wildman–Crippen MR) is 148 cm³/mol. The molecule has 0 saturated carbocycles. The predicted octanol–water partition coefficient (Wildman–Crippen LogP) is 7.53. The molecule has 0 unspecified atom stereocenters. The summed E-state index contributed by atoms with van der Waals surface area (Å²) >= 11 is 2.24. The van der Waals surface area contributed by atoms with Gasteiger partial charge in [-0.2, -0.15) is 0 Å². The van der Waals surface area contributed by atoms with Crippen molar-refractivity contribution < 1.29 is 19.1 Å². The number of carbonyl (C=O) groups is 2. The second-order valence-corrected chi connectivity index (χ2v) is 9.40. The van der Waals surface area contributed by atoms with Gasteiger partial charge < -0.3 is 9.47 Å². The molecule has 3 aromatic rings. The number of rotatable bonds is 11. The molecular formula is C29H26O4S2. The molecule has 0 aliphatic carbocycles. The van der Waals surface area contributed by atoms with Crippen LogP contribution in [0.5, 0.6) is 11.5 Å². The standard InChI is InChI=1S/C29H26O4S2/c1-4-28(30)34-19-17-32-26-13-9-24(10-14-26)22-5-7-23(8-6-22)25-11-15-27(16-12-25)33-18-20-35-29(31)21(2)3/h4-17,19H,1-2,18,20H2,3H3/b19-17-. The van der Waals surface area contributed by atoms with Crippen LogP contribution in [-0.4, -0.2) is 22.6 Å². The summed E-state index contributed by atoms with van der Waals surface area (Å²) in [6, 6.07) is 24.0. The summed E-state index contributed by atoms with van der Waals surface area (Å²) in [7, 11) is 0. The van der Waals surface area contributed by atoms with E-state index in [2.05, 4.69) is 37.4 Å². The molecule has 0 aromatic heterocycles. The van der Waals surface area contributed by atoms with Crippen LogP contribution in [-0.2, 0) is 9.59 Å². The molecule has 3 rings (SSSR count). The maximum Gasteiger partial charge on any atom is 0.215 e. The monoisotopic (exact) mass is 502 g/mol. The fraction of sp³-hybridized carbons (Fsp3) is 0.103. The molecular weight excluding hydrogens is 476 g/mol. The maximum atomic E-state index is 11.5. The van der Waals surface area contributed by atoms with E-state index in [0.29, 0.717) is 23.7 Å². The average molecular weight is 503 g/mol. The van der Waals surface area contributed by atoms with Gasteiger partial charge in [0.05, 0.1) is 12.9 Å². The molecule has 0 bridgehead atoms. The van der Waals surface area contributed by atoms with Crippen molar-refractivity contribution in [1.29, 1.82) is 0 Å². The Balaban J connectivity index is 1.53. The molecule has 6 heteroatoms. The first-order valence-electron chi connectivity index (χ1n) is 10.9. The van der Waals surface area contributed by atoms with E-state index in [-0.39, 0.29) is 10.2 Å². The van der Waals surface area contributed by atoms with Gasteiger partial charge in [-0.15, -0.1) is 0 Å². The number of thioether (sulfide) groups is 2. The van der Waals surface area contributed by atoms with Gasteiger partial charge in [0.25, 0.3) is 0 Å². The largest absolute Gasteiger partial charge is 0.493 e. The van der Waals surface area contributed by atoms with Crippen molar-refractivity contribution in [2.45, 2.75) is 6.92 Å². The van der Waals surface area contributed by atoms with E-state index in [0.717, 1.165) is 39.8 Å². The van der Waals surface area contributed by atoms with Gasteiger partial charge in [-0.05, 0) is 65.1 Å². The maximum absolute atomic E-state index is 11.5. The van der Waals surface area contributed by atoms with E-state index in [4.69, 9.17) is 9.47 Å². The van der Waals surface area contributed by atoms with Gasteiger partial charge in [-0.25, -0.2) is 0 Å². The molecule has 0 radical (unpaired) electrons. The van der Waals surface area contributed by atoms with Crippen LogP contribution in [0, 0.1) is 0 Å². The molecule has 0 N–H and O–H groups in total. The minimum atomic E-state index is -0.129. The SMILES string of the molecule is C=CC(=O)S/C=C\Oc1ccc(-c2ccc(-c3ccc(OCCSC(=O)C(=C)C)cc3)cc2)cc1. The number of benzene rings is 3. The van der Waals surface area contributed by atoms with Gasteiger partial charge in [0.2, 0.25) is 10.2 Å². The first-order chi connectivity index (χ1) is 17.0. The summed E-state index contributed by atoms with van der Waals surface area (Å²) < 4.78 is 11.2. The molecule has 0 saturated heterocycles. The van der Waals surface area contributed by atoms with E-state index >= 15 is 0 Å². The van der Waals surface area contributed by atoms with Gasteiger partial charge >= 0.3 is 0 Å². The number of hydrogen-bond acceptors (Lipinski definition) is 6. The summed E-state index contributed by atoms with van der Waals surface area (Å²) in [5.74, 6) is 2.06. The second kappa shape index (κ2) is 13.4. The summed E-state index contributed by atoms with van der Waals surface area (Å²) in [6.45, 7) is 9.24. The van der Waals surface area contributed by atoms with E-state index < -0.39 is 0 Å². The number of ether oxygens (including phenoxy) is 2. The van der Waals surface area contributed by atoms with Crippen LogP contribution in [0.15, 0.2) is 109 Å². The quantitative estimate of drug-likeness (QED) is 0.153. The van der Waals surface area contributed by atoms with Crippen LogP contribution in [0.25, 0.3) is 22.3 Å². The molecule has 4 nitrogen and oxygen atoms in total. The highest BCUT2D eigenvalue weighted by Crippen LogP contribution is 2.27. The lowest BCUT2D eigenvalue weighted by molar-refractivity contribution is -0.108. The summed E-state index contributed by atoms with van der Waals surface area (Å²) in [4.78, 5) is 22.7. The van der Waals surface area contributed by atoms with Crippen LogP contribution in [0.3, 0.4) is 0 Å². The fourth-order valence-corrected chi connectivity index (χ4v) is 3.93. The molecule has 0 heterocycles. The topological polar surface area (TPSA) is 52.6 Å². The fourth-order valence-electron chi connectivity index (χ4n) is 2.99. The van der Waals surface area contributed by atoms with Gasteiger partial charge in [0, 0.05) is 11.2 Å². The van der Waals surface area contributed by atoms with Gasteiger partial charge in [-0.1, -0.05) is 85.2 Å². The minimum Gasteiger partial charge on any atom is -0.493 e. The van der Waals surface area contributed by atoms with Crippen molar-refractivity contribution >= 4 is 33.8 Å². The lowest BCUT2D eigenvalue weighted by Gasteiger charge is -2.08. The van der Waals surface area contributed by atoms with Crippen LogP contribution >= 0.6 is 23.5 Å². The Hall–Kier alpha value is -3.48. The molecule has 178 valence electrons. The number of hydrogen-bond donors (Lipinski definition) is 0. The Morgan fingerprint density at radius 3 is 1.80 bits per heavy atom. The normalized spacial score (nSPS) is 10.7. The van der Waals surface area contributed by atoms with Crippen LogP contribution < -0.4 is 9.47 Å². The second-order valence-electron chi connectivity index (χ2n) is 7.42. The molecule has 0 spiro atoms. The zero-order valence-corrected chi connectivity index (χ0v) is 21.1. The molecule has 0 atom stereocenters. The Kier molecular flexibility index (Phi) is 10.0. The zero-order chi connectivity index (χ0) is 25.0. The van der Waals surface area contributed by atoms with Gasteiger partial charge in [0.1, 0.15) is 11.5 Å². The molecule has 3 aromatic carbocycles. The molecule has 0 aliphatic rings. The number of carbonyl (C=O) groups excluding carboxylic acids is 2. The van der Waals surface area contributed by atoms with Gasteiger partial charge in [-0.3, -0.25) is 9.59 Å². The van der Waals surface area contributed by atoms with Crippen molar-refractivity contribution in [3.8, 4) is 33.8 Å². The molecule has 0 amide bonds. The van der Waals surface area contributed by atoms with E-state index in [1.165, 1.54) is 24.1 Å². The van der Waals surface area contributed by atoms with E-state index in [1.54, 1.807) is 12.3 Å². The smallest absolute Gasteiger partial charge is 0.215 e. The van der Waals surface area contributed by atoms with Crippen molar-refractivity contribution in [3.05, 3.63) is 109 Å². The Morgan fingerprint density at radius 2 is 1.31 bits per heavy atom. The summed E-state index contributed by atoms with van der Waals surface area (Å²) in [6.07, 6.45) is 2.74. The molecule has 0 fully saturated rings. The third kappa shape index (κ3) is 8.35. The van der Waals surface area contributed by atoms with E-state index in [1.807, 2.05) is 48.5 Å². The van der Waals surface area contributed by atoms with Crippen molar-refractivity contribution in [2.75, 3.05) is 12.4 Å². The third-order valence-corrected chi connectivity index (χ3v) is 6.43. The van der Waals surface area contributed by atoms with Crippen LogP contribution in [0.1, 0.15) is 6.92 Å². The van der Waals surface area contributed by atoms with Crippen LogP contribution in [0.4, 0.5) is 0 Å². The van der Waals surface area contributed by atoms with Crippen molar-refractivity contribution in [3.63, 3.8) is 0 Å². The Labute approximate surface area is 214 Å². The van der Waals surface area contributed by atoms with Crippen LogP contribution in [0.2, 0.25) is 0 Å². The highest BCUT2D eigenvalue weighted by Gasteiger charge is 2.04. The van der Waals surface area contributed by atoms with Crippen molar-refractivity contribution in [2.24, 2.45) is 0 Å². The lowest BCUT2D eigenvalue weighted by Crippen LogP contribution is -2.03. The summed E-state index contributed by atoms with van der Waals surface area (Å²) in [5.41, 5.74) is 4.94. The van der Waals surface area contributed by atoms with Crippen molar-refractivity contribution in [1.82, 2.24) is 0 Å². The first kappa shape index (κ1) is 26.1. The first-order valence-corrected chi connectivity index (χ1v) is 12.7. The molecule has 0 aliphatic heterocycles. The van der Waals surface area contributed by atoms with Gasteiger partial charge in [0.15, 0.2) is 0 Å². The highest BCUT2D eigenvalue weighted by molar-refractivity contribution is 8.16. The lowest BCUT2D eigenvalue weighted by atomic mass is 10.0. The van der Waals surface area contributed by atoms with E-state index in [9.17, 15) is 9.59 Å². The minimum absolute atomic E-state index is 0.00153. The summed E-state index contributed by atoms with van der Waals surface area (Å²) in [5, 5.41) is 1.46. The molecule has 35 heavy (non-hydrogen) atoms. The third-order valence-electron chi connectivity index (χ3n) is 4.80. The Morgan fingerprint density at radius 1 is 0.829 bits per heavy atom. The highest BCUT2D eigenvalue weighted by atomic mass is 32.2. The average Bonchev–Trinajstić information content (AvgIpc) is 2.89. The zero-order valence-electron chi connectivity index (χ0n) is 19.4. The Bertz CT molecular complexity index is 1190.